The van der Waals surface area contributed by atoms with Crippen LogP contribution in [0.15, 0.2) is 36.4 Å². The van der Waals surface area contributed by atoms with Gasteiger partial charge in [0, 0.05) is 17.5 Å². The number of rotatable bonds is 6. The Labute approximate surface area is 154 Å². The second kappa shape index (κ2) is 7.34. The van der Waals surface area contributed by atoms with E-state index >= 15 is 0 Å². The van der Waals surface area contributed by atoms with Gasteiger partial charge in [-0.15, -0.1) is 0 Å². The number of fused-ring (bicyclic) bond motifs is 1. The molecule has 0 spiro atoms. The summed E-state index contributed by atoms with van der Waals surface area (Å²) in [5.74, 6) is -2.60. The molecule has 0 atom stereocenters. The van der Waals surface area contributed by atoms with Gasteiger partial charge in [0.05, 0.1) is 0 Å². The highest BCUT2D eigenvalue weighted by molar-refractivity contribution is 5.98. The minimum atomic E-state index is -1.14. The van der Waals surface area contributed by atoms with Crippen LogP contribution in [-0.2, 0) is 16.0 Å². The molecule has 0 N–H and O–H groups in total. The second-order valence-corrected chi connectivity index (χ2v) is 6.78. The Kier molecular flexibility index (Phi) is 5.12. The van der Waals surface area contributed by atoms with Crippen LogP contribution in [0.1, 0.15) is 29.8 Å². The van der Waals surface area contributed by atoms with E-state index in [0.717, 1.165) is 30.2 Å². The van der Waals surface area contributed by atoms with E-state index in [1.807, 2.05) is 19.9 Å². The highest BCUT2D eigenvalue weighted by Gasteiger charge is 2.32. The van der Waals surface area contributed by atoms with Crippen LogP contribution in [0.5, 0.6) is 11.5 Å². The third-order valence-corrected chi connectivity index (χ3v) is 4.01. The van der Waals surface area contributed by atoms with Gasteiger partial charge in [-0.3, -0.25) is 4.79 Å². The van der Waals surface area contributed by atoms with Gasteiger partial charge in [-0.25, -0.2) is 13.6 Å². The highest BCUT2D eigenvalue weighted by atomic mass is 19.2. The lowest BCUT2D eigenvalue weighted by molar-refractivity contribution is -0.144. The normalized spacial score (nSPS) is 14.2. The van der Waals surface area contributed by atoms with Gasteiger partial charge in [0.2, 0.25) is 0 Å². The summed E-state index contributed by atoms with van der Waals surface area (Å²) in [6, 6.07) is 8.13. The Morgan fingerprint density at radius 3 is 2.63 bits per heavy atom. The van der Waals surface area contributed by atoms with Gasteiger partial charge in [0.25, 0.3) is 0 Å². The van der Waals surface area contributed by atoms with Crippen molar-refractivity contribution in [3.05, 3.63) is 59.2 Å². The largest absolute Gasteiger partial charge is 0.483 e. The van der Waals surface area contributed by atoms with Crippen molar-refractivity contribution in [2.45, 2.75) is 25.9 Å². The maximum absolute atomic E-state index is 13.1. The number of carbonyl (C=O) groups is 2. The quantitative estimate of drug-likeness (QED) is 0.571. The summed E-state index contributed by atoms with van der Waals surface area (Å²) in [6.45, 7) is 2.90. The van der Waals surface area contributed by atoms with Crippen molar-refractivity contribution in [2.75, 3.05) is 13.2 Å². The standard InChI is InChI=1S/C20H18F2O5/c1-20(2)9-13-4-3-5-17(19(13)27-20)25-11-18(24)26-10-16(23)12-6-7-14(21)15(22)8-12/h3-8H,9-11H2,1-2H3. The van der Waals surface area contributed by atoms with Crippen molar-refractivity contribution in [3.63, 3.8) is 0 Å². The molecule has 7 heteroatoms. The van der Waals surface area contributed by atoms with Crippen LogP contribution in [-0.4, -0.2) is 30.6 Å². The summed E-state index contributed by atoms with van der Waals surface area (Å²) < 4.78 is 42.2. The summed E-state index contributed by atoms with van der Waals surface area (Å²) in [4.78, 5) is 23.7. The van der Waals surface area contributed by atoms with Crippen LogP contribution in [0.25, 0.3) is 0 Å². The predicted octanol–water partition coefficient (Wildman–Crippen LogP) is 3.48. The molecule has 0 aromatic heterocycles. The summed E-state index contributed by atoms with van der Waals surface area (Å²) in [6.07, 6.45) is 0.729. The lowest BCUT2D eigenvalue weighted by Crippen LogP contribution is -2.25. The average molecular weight is 376 g/mol. The van der Waals surface area contributed by atoms with Gasteiger partial charge >= 0.3 is 5.97 Å². The van der Waals surface area contributed by atoms with Crippen molar-refractivity contribution in [2.24, 2.45) is 0 Å². The number of ketones is 1. The van der Waals surface area contributed by atoms with E-state index in [1.54, 1.807) is 12.1 Å². The molecule has 1 aliphatic rings. The van der Waals surface area contributed by atoms with Crippen molar-refractivity contribution < 1.29 is 32.6 Å². The molecule has 2 aromatic rings. The maximum Gasteiger partial charge on any atom is 0.344 e. The van der Waals surface area contributed by atoms with Gasteiger partial charge < -0.3 is 14.2 Å². The number of para-hydroxylation sites is 1. The number of carbonyl (C=O) groups excluding carboxylic acids is 2. The number of esters is 1. The molecule has 0 radical (unpaired) electrons. The molecule has 27 heavy (non-hydrogen) atoms. The Balaban J connectivity index is 1.53. The van der Waals surface area contributed by atoms with Crippen LogP contribution in [0.3, 0.4) is 0 Å². The first kappa shape index (κ1) is 18.8. The first-order valence-electron chi connectivity index (χ1n) is 8.33. The van der Waals surface area contributed by atoms with Crippen molar-refractivity contribution in [1.82, 2.24) is 0 Å². The zero-order valence-electron chi connectivity index (χ0n) is 14.9. The molecule has 0 bridgehead atoms. The van der Waals surface area contributed by atoms with Crippen LogP contribution >= 0.6 is 0 Å². The number of benzene rings is 2. The van der Waals surface area contributed by atoms with E-state index in [1.165, 1.54) is 0 Å². The zero-order valence-corrected chi connectivity index (χ0v) is 14.9. The van der Waals surface area contributed by atoms with Gasteiger partial charge in [-0.05, 0) is 38.1 Å². The van der Waals surface area contributed by atoms with Gasteiger partial charge in [-0.2, -0.15) is 0 Å². The zero-order chi connectivity index (χ0) is 19.6. The SMILES string of the molecule is CC1(C)Cc2cccc(OCC(=O)OCC(=O)c3ccc(F)c(F)c3)c2O1. The number of Topliss-reactive ketones (excluding diaryl/α,β-unsaturated/α-hetero) is 1. The fourth-order valence-corrected chi connectivity index (χ4v) is 2.78. The number of halogens is 2. The van der Waals surface area contributed by atoms with Crippen LogP contribution in [0.2, 0.25) is 0 Å². The molecule has 1 heterocycles. The summed E-state index contributed by atoms with van der Waals surface area (Å²) in [5.41, 5.74) is 0.553. The smallest absolute Gasteiger partial charge is 0.344 e. The lowest BCUT2D eigenvalue weighted by atomic mass is 10.0. The number of ether oxygens (including phenoxy) is 3. The molecule has 0 aliphatic carbocycles. The van der Waals surface area contributed by atoms with E-state index in [4.69, 9.17) is 14.2 Å². The van der Waals surface area contributed by atoms with Crippen LogP contribution in [0.4, 0.5) is 8.78 Å². The fourth-order valence-electron chi connectivity index (χ4n) is 2.78. The summed E-state index contributed by atoms with van der Waals surface area (Å²) in [7, 11) is 0. The molecule has 0 amide bonds. The van der Waals surface area contributed by atoms with E-state index in [-0.39, 0.29) is 11.2 Å². The van der Waals surface area contributed by atoms with E-state index in [9.17, 15) is 18.4 Å². The second-order valence-electron chi connectivity index (χ2n) is 6.78. The van der Waals surface area contributed by atoms with E-state index in [0.29, 0.717) is 11.5 Å². The molecule has 1 aliphatic heterocycles. The van der Waals surface area contributed by atoms with Crippen LogP contribution in [0, 0.1) is 11.6 Å². The Hall–Kier alpha value is -2.96. The molecule has 3 rings (SSSR count). The maximum atomic E-state index is 13.1. The monoisotopic (exact) mass is 376 g/mol. The summed E-state index contributed by atoms with van der Waals surface area (Å²) >= 11 is 0. The third kappa shape index (κ3) is 4.42. The van der Waals surface area contributed by atoms with Gasteiger partial charge in [0.15, 0.2) is 42.1 Å². The lowest BCUT2D eigenvalue weighted by Gasteiger charge is -2.18. The van der Waals surface area contributed by atoms with Crippen molar-refractivity contribution in [3.8, 4) is 11.5 Å². The van der Waals surface area contributed by atoms with Crippen molar-refractivity contribution in [1.29, 1.82) is 0 Å². The van der Waals surface area contributed by atoms with E-state index in [2.05, 4.69) is 0 Å². The van der Waals surface area contributed by atoms with Crippen molar-refractivity contribution >= 4 is 11.8 Å². The minimum Gasteiger partial charge on any atom is -0.483 e. The molecule has 2 aromatic carbocycles. The minimum absolute atomic E-state index is 0.0841. The topological polar surface area (TPSA) is 61.8 Å². The molecule has 0 fully saturated rings. The average Bonchev–Trinajstić information content (AvgIpc) is 2.94. The first-order valence-corrected chi connectivity index (χ1v) is 8.33. The number of hydrogen-bond acceptors (Lipinski definition) is 5. The van der Waals surface area contributed by atoms with Crippen LogP contribution < -0.4 is 9.47 Å². The Morgan fingerprint density at radius 1 is 1.11 bits per heavy atom. The molecular weight excluding hydrogens is 358 g/mol. The molecule has 0 unspecified atom stereocenters. The summed E-state index contributed by atoms with van der Waals surface area (Å²) in [5, 5.41) is 0. The fraction of sp³-hybridized carbons (Fsp3) is 0.300. The predicted molar refractivity (Wildman–Crippen MR) is 92.0 cm³/mol. The molecular formula is C20H18F2O5. The molecule has 0 saturated carbocycles. The molecule has 0 saturated heterocycles. The first-order chi connectivity index (χ1) is 12.7. The van der Waals surface area contributed by atoms with Gasteiger partial charge in [-0.1, -0.05) is 12.1 Å². The molecule has 142 valence electrons. The van der Waals surface area contributed by atoms with Gasteiger partial charge in [0.1, 0.15) is 5.60 Å². The van der Waals surface area contributed by atoms with E-state index < -0.39 is 36.6 Å². The third-order valence-electron chi connectivity index (χ3n) is 4.01. The Bertz CT molecular complexity index is 892. The molecule has 5 nitrogen and oxygen atoms in total. The Morgan fingerprint density at radius 2 is 1.89 bits per heavy atom. The number of hydrogen-bond donors (Lipinski definition) is 0. The highest BCUT2D eigenvalue weighted by Crippen LogP contribution is 2.41.